The number of rotatable bonds is 7. The first-order chi connectivity index (χ1) is 19.2. The van der Waals surface area contributed by atoms with Crippen LogP contribution in [0.2, 0.25) is 0 Å². The lowest BCUT2D eigenvalue weighted by molar-refractivity contribution is -0.114. The first-order valence-electron chi connectivity index (χ1n) is 13.1. The Kier molecular flexibility index (Phi) is 7.49. The molecule has 1 saturated heterocycles. The van der Waals surface area contributed by atoms with Crippen molar-refractivity contribution in [1.82, 2.24) is 14.9 Å². The molecule has 2 aromatic carbocycles. The second-order valence-corrected chi connectivity index (χ2v) is 10.5. The van der Waals surface area contributed by atoms with E-state index in [4.69, 9.17) is 17.0 Å². The van der Waals surface area contributed by atoms with E-state index >= 15 is 0 Å². The van der Waals surface area contributed by atoms with Crippen molar-refractivity contribution in [2.45, 2.75) is 32.9 Å². The average Bonchev–Trinajstić information content (AvgIpc) is 3.43. The van der Waals surface area contributed by atoms with E-state index in [1.54, 1.807) is 13.3 Å². The van der Waals surface area contributed by atoms with Crippen LogP contribution in [-0.2, 0) is 4.79 Å². The van der Waals surface area contributed by atoms with Gasteiger partial charge in [0.05, 0.1) is 30.6 Å². The van der Waals surface area contributed by atoms with Crippen molar-refractivity contribution in [2.24, 2.45) is 0 Å². The van der Waals surface area contributed by atoms with Crippen LogP contribution >= 0.6 is 12.2 Å². The number of ether oxygens (including phenoxy) is 1. The smallest absolute Gasteiger partial charge is 0.221 e. The third-order valence-electron chi connectivity index (χ3n) is 7.28. The number of methoxy groups -OCH3 is 1. The summed E-state index contributed by atoms with van der Waals surface area (Å²) < 4.78 is 7.78. The average molecular weight is 555 g/mol. The lowest BCUT2D eigenvalue weighted by atomic mass is 9.96. The molecule has 2 atom stereocenters. The Bertz CT molecular complexity index is 1550. The minimum atomic E-state index is -0.193. The standard InChI is InChI=1S/C31H34N6O2S/c1-19-17-25(20(2)36(19)23-12-10-22(11-13-23)35(4)5)30-29(26-9-7-8-16-32-26)34-31(40)37(30)24-14-15-28(39-6)27(18-24)33-21(3)38/h7-18,29-30H,1-6H3,(H,33,38)(H,34,40)/t29-,30+/m0/s1. The lowest BCUT2D eigenvalue weighted by Crippen LogP contribution is -2.29. The molecule has 1 aliphatic rings. The van der Waals surface area contributed by atoms with E-state index in [1.165, 1.54) is 6.92 Å². The fraction of sp³-hybridized carbons (Fsp3) is 0.258. The highest BCUT2D eigenvalue weighted by molar-refractivity contribution is 7.80. The van der Waals surface area contributed by atoms with Crippen LogP contribution < -0.4 is 25.2 Å². The van der Waals surface area contributed by atoms with Gasteiger partial charge in [0.25, 0.3) is 0 Å². The molecule has 206 valence electrons. The number of nitrogens with one attached hydrogen (secondary N) is 2. The molecule has 4 aromatic rings. The van der Waals surface area contributed by atoms with E-state index in [2.05, 4.69) is 74.2 Å². The zero-order valence-electron chi connectivity index (χ0n) is 23.6. The molecular formula is C31H34N6O2S. The molecule has 1 aliphatic heterocycles. The number of anilines is 3. The van der Waals surface area contributed by atoms with Gasteiger partial charge in [0.1, 0.15) is 5.75 Å². The first kappa shape index (κ1) is 27.2. The molecular weight excluding hydrogens is 520 g/mol. The van der Waals surface area contributed by atoms with E-state index in [0.29, 0.717) is 16.5 Å². The van der Waals surface area contributed by atoms with Gasteiger partial charge in [-0.25, -0.2) is 0 Å². The molecule has 40 heavy (non-hydrogen) atoms. The zero-order valence-corrected chi connectivity index (χ0v) is 24.4. The van der Waals surface area contributed by atoms with Crippen LogP contribution in [0.4, 0.5) is 17.1 Å². The van der Waals surface area contributed by atoms with E-state index in [1.807, 2.05) is 50.5 Å². The molecule has 8 nitrogen and oxygen atoms in total. The molecule has 0 bridgehead atoms. The van der Waals surface area contributed by atoms with E-state index < -0.39 is 0 Å². The van der Waals surface area contributed by atoms with Crippen molar-refractivity contribution in [3.8, 4) is 11.4 Å². The molecule has 0 saturated carbocycles. The number of thiocarbonyl (C=S) groups is 1. The van der Waals surface area contributed by atoms with Gasteiger partial charge in [-0.1, -0.05) is 6.07 Å². The molecule has 2 aromatic heterocycles. The molecule has 2 N–H and O–H groups in total. The van der Waals surface area contributed by atoms with Gasteiger partial charge < -0.3 is 29.7 Å². The Balaban J connectivity index is 1.65. The number of amides is 1. The molecule has 5 rings (SSSR count). The molecule has 9 heteroatoms. The summed E-state index contributed by atoms with van der Waals surface area (Å²) >= 11 is 5.94. The summed E-state index contributed by atoms with van der Waals surface area (Å²) in [5.74, 6) is 0.401. The van der Waals surface area contributed by atoms with Gasteiger partial charge in [-0.2, -0.15) is 0 Å². The Hall–Kier alpha value is -4.37. The lowest BCUT2D eigenvalue weighted by Gasteiger charge is -2.29. The predicted octanol–water partition coefficient (Wildman–Crippen LogP) is 5.70. The fourth-order valence-electron chi connectivity index (χ4n) is 5.47. The number of carbonyl (C=O) groups is 1. The summed E-state index contributed by atoms with van der Waals surface area (Å²) in [7, 11) is 5.67. The molecule has 0 aliphatic carbocycles. The number of hydrogen-bond acceptors (Lipinski definition) is 5. The number of benzene rings is 2. The van der Waals surface area contributed by atoms with Crippen molar-refractivity contribution < 1.29 is 9.53 Å². The Morgan fingerprint density at radius 3 is 2.40 bits per heavy atom. The van der Waals surface area contributed by atoms with Gasteiger partial charge in [-0.3, -0.25) is 9.78 Å². The van der Waals surface area contributed by atoms with Crippen LogP contribution in [0.25, 0.3) is 5.69 Å². The van der Waals surface area contributed by atoms with E-state index in [-0.39, 0.29) is 18.0 Å². The summed E-state index contributed by atoms with van der Waals surface area (Å²) in [5.41, 5.74) is 7.94. The van der Waals surface area contributed by atoms with Crippen LogP contribution in [-0.4, -0.2) is 41.8 Å². The van der Waals surface area contributed by atoms with Crippen LogP contribution in [0.1, 0.15) is 41.7 Å². The minimum Gasteiger partial charge on any atom is -0.495 e. The van der Waals surface area contributed by atoms with Crippen molar-refractivity contribution in [3.05, 3.63) is 95.6 Å². The third-order valence-corrected chi connectivity index (χ3v) is 7.60. The summed E-state index contributed by atoms with van der Waals surface area (Å²) in [6.07, 6.45) is 1.80. The number of pyridine rings is 1. The van der Waals surface area contributed by atoms with Crippen LogP contribution in [0.3, 0.4) is 0 Å². The van der Waals surface area contributed by atoms with Crippen molar-refractivity contribution in [3.63, 3.8) is 0 Å². The van der Waals surface area contributed by atoms with Gasteiger partial charge >= 0.3 is 0 Å². The number of aryl methyl sites for hydroxylation is 1. The normalized spacial score (nSPS) is 16.6. The van der Waals surface area contributed by atoms with Gasteiger partial charge in [0.2, 0.25) is 5.91 Å². The Morgan fingerprint density at radius 2 is 1.77 bits per heavy atom. The molecule has 1 amide bonds. The van der Waals surface area contributed by atoms with Crippen molar-refractivity contribution in [2.75, 3.05) is 36.3 Å². The predicted molar refractivity (Wildman–Crippen MR) is 165 cm³/mol. The second-order valence-electron chi connectivity index (χ2n) is 10.1. The first-order valence-corrected chi connectivity index (χ1v) is 13.5. The third kappa shape index (κ3) is 5.00. The number of hydrogen-bond donors (Lipinski definition) is 2. The maximum Gasteiger partial charge on any atom is 0.221 e. The SMILES string of the molecule is COc1ccc(N2C(=S)N[C@@H](c3ccccn3)[C@H]2c2cc(C)n(-c3ccc(N(C)C)cc3)c2C)cc1NC(C)=O. The number of aromatic nitrogens is 2. The highest BCUT2D eigenvalue weighted by Gasteiger charge is 2.42. The largest absolute Gasteiger partial charge is 0.495 e. The van der Waals surface area contributed by atoms with Crippen LogP contribution in [0.15, 0.2) is 72.9 Å². The summed E-state index contributed by atoms with van der Waals surface area (Å²) in [6.45, 7) is 5.75. The summed E-state index contributed by atoms with van der Waals surface area (Å²) in [4.78, 5) is 20.8. The number of carbonyl (C=O) groups excluding carboxylic acids is 1. The van der Waals surface area contributed by atoms with E-state index in [0.717, 1.165) is 39.7 Å². The molecule has 1 fully saturated rings. The van der Waals surface area contributed by atoms with Gasteiger partial charge in [0, 0.05) is 55.7 Å². The molecule has 0 radical (unpaired) electrons. The summed E-state index contributed by atoms with van der Waals surface area (Å²) in [5, 5.41) is 7.00. The van der Waals surface area contributed by atoms with Crippen LogP contribution in [0.5, 0.6) is 5.75 Å². The van der Waals surface area contributed by atoms with Gasteiger partial charge in [0.15, 0.2) is 5.11 Å². The topological polar surface area (TPSA) is 74.7 Å². The van der Waals surface area contributed by atoms with Crippen LogP contribution in [0, 0.1) is 13.8 Å². The summed E-state index contributed by atoms with van der Waals surface area (Å²) in [6, 6.07) is 22.0. The molecule has 3 heterocycles. The fourth-order valence-corrected chi connectivity index (χ4v) is 5.81. The maximum atomic E-state index is 11.9. The maximum absolute atomic E-state index is 11.9. The highest BCUT2D eigenvalue weighted by Crippen LogP contribution is 2.45. The Labute approximate surface area is 240 Å². The second kappa shape index (κ2) is 11.0. The Morgan fingerprint density at radius 1 is 1.05 bits per heavy atom. The zero-order chi connectivity index (χ0) is 28.6. The van der Waals surface area contributed by atoms with E-state index in [9.17, 15) is 4.79 Å². The monoisotopic (exact) mass is 554 g/mol. The highest BCUT2D eigenvalue weighted by atomic mass is 32.1. The minimum absolute atomic E-state index is 0.177. The van der Waals surface area contributed by atoms with Gasteiger partial charge in [-0.05, 0) is 92.3 Å². The quantitative estimate of drug-likeness (QED) is 0.284. The molecule has 0 spiro atoms. The number of nitrogens with zero attached hydrogens (tertiary/aromatic N) is 4. The molecule has 0 unspecified atom stereocenters. The van der Waals surface area contributed by atoms with Crippen molar-refractivity contribution >= 4 is 40.3 Å². The van der Waals surface area contributed by atoms with Gasteiger partial charge in [-0.15, -0.1) is 0 Å². The van der Waals surface area contributed by atoms with Crippen molar-refractivity contribution in [1.29, 1.82) is 0 Å².